The van der Waals surface area contributed by atoms with Crippen molar-refractivity contribution in [1.82, 2.24) is 10.2 Å². The lowest BCUT2D eigenvalue weighted by Gasteiger charge is -2.13. The van der Waals surface area contributed by atoms with E-state index in [0.717, 1.165) is 25.2 Å². The summed E-state index contributed by atoms with van der Waals surface area (Å²) in [4.78, 5) is 14.1. The predicted octanol–water partition coefficient (Wildman–Crippen LogP) is 2.10. The van der Waals surface area contributed by atoms with Crippen LogP contribution in [0.2, 0.25) is 0 Å². The standard InChI is InChI=1S/C15H22N2O/c1-13-4-6-14(7-5-13)12-16-15(18)8-11-17-9-2-3-10-17/h4-7H,2-3,8-12H2,1H3,(H,16,18). The van der Waals surface area contributed by atoms with Crippen LogP contribution < -0.4 is 5.32 Å². The third kappa shape index (κ3) is 4.15. The number of aryl methyl sites for hydroxylation is 1. The Kier molecular flexibility index (Phi) is 4.76. The number of rotatable bonds is 5. The molecule has 1 saturated heterocycles. The van der Waals surface area contributed by atoms with E-state index in [4.69, 9.17) is 0 Å². The molecule has 1 N–H and O–H groups in total. The molecule has 0 aliphatic carbocycles. The molecule has 0 saturated carbocycles. The summed E-state index contributed by atoms with van der Waals surface area (Å²) < 4.78 is 0. The molecule has 18 heavy (non-hydrogen) atoms. The summed E-state index contributed by atoms with van der Waals surface area (Å²) in [5, 5.41) is 2.98. The number of nitrogens with zero attached hydrogens (tertiary/aromatic N) is 1. The lowest BCUT2D eigenvalue weighted by molar-refractivity contribution is -0.121. The van der Waals surface area contributed by atoms with Gasteiger partial charge in [-0.1, -0.05) is 29.8 Å². The zero-order valence-electron chi connectivity index (χ0n) is 11.1. The first-order chi connectivity index (χ1) is 8.74. The summed E-state index contributed by atoms with van der Waals surface area (Å²) >= 11 is 0. The molecule has 1 aromatic carbocycles. The zero-order chi connectivity index (χ0) is 12.8. The number of benzene rings is 1. The van der Waals surface area contributed by atoms with E-state index in [1.54, 1.807) is 0 Å². The van der Waals surface area contributed by atoms with Crippen LogP contribution in [0.25, 0.3) is 0 Å². The van der Waals surface area contributed by atoms with Crippen LogP contribution in [0.1, 0.15) is 30.4 Å². The van der Waals surface area contributed by atoms with Crippen LogP contribution in [0.15, 0.2) is 24.3 Å². The van der Waals surface area contributed by atoms with Crippen molar-refractivity contribution >= 4 is 5.91 Å². The maximum Gasteiger partial charge on any atom is 0.221 e. The fourth-order valence-corrected chi connectivity index (χ4v) is 2.26. The average Bonchev–Trinajstić information content (AvgIpc) is 2.89. The lowest BCUT2D eigenvalue weighted by Crippen LogP contribution is -2.29. The summed E-state index contributed by atoms with van der Waals surface area (Å²) in [6.45, 7) is 5.92. The van der Waals surface area contributed by atoms with Crippen LogP contribution in [-0.4, -0.2) is 30.4 Å². The molecule has 98 valence electrons. The first kappa shape index (κ1) is 13.1. The average molecular weight is 246 g/mol. The molecule has 0 unspecified atom stereocenters. The van der Waals surface area contributed by atoms with E-state index in [0.29, 0.717) is 13.0 Å². The number of carbonyl (C=O) groups excluding carboxylic acids is 1. The van der Waals surface area contributed by atoms with E-state index in [2.05, 4.69) is 41.4 Å². The van der Waals surface area contributed by atoms with Crippen LogP contribution in [-0.2, 0) is 11.3 Å². The molecular weight excluding hydrogens is 224 g/mol. The maximum absolute atomic E-state index is 11.7. The molecular formula is C15H22N2O. The zero-order valence-corrected chi connectivity index (χ0v) is 11.1. The second kappa shape index (κ2) is 6.55. The summed E-state index contributed by atoms with van der Waals surface area (Å²) in [5.41, 5.74) is 2.41. The number of amides is 1. The quantitative estimate of drug-likeness (QED) is 0.863. The van der Waals surface area contributed by atoms with Gasteiger partial charge in [-0.2, -0.15) is 0 Å². The molecule has 1 fully saturated rings. The molecule has 2 rings (SSSR count). The fourth-order valence-electron chi connectivity index (χ4n) is 2.26. The van der Waals surface area contributed by atoms with Crippen LogP contribution >= 0.6 is 0 Å². The van der Waals surface area contributed by atoms with Gasteiger partial charge in [-0.15, -0.1) is 0 Å². The third-order valence-corrected chi connectivity index (χ3v) is 3.46. The SMILES string of the molecule is Cc1ccc(CNC(=O)CCN2CCCC2)cc1. The van der Waals surface area contributed by atoms with Gasteiger partial charge in [0.2, 0.25) is 5.91 Å². The fraction of sp³-hybridized carbons (Fsp3) is 0.533. The second-order valence-electron chi connectivity index (χ2n) is 5.06. The van der Waals surface area contributed by atoms with Crippen molar-refractivity contribution < 1.29 is 4.79 Å². The number of carbonyl (C=O) groups is 1. The van der Waals surface area contributed by atoms with Crippen LogP contribution in [0.5, 0.6) is 0 Å². The summed E-state index contributed by atoms with van der Waals surface area (Å²) in [6.07, 6.45) is 3.18. The van der Waals surface area contributed by atoms with Crippen molar-refractivity contribution in [1.29, 1.82) is 0 Å². The molecule has 1 aliphatic rings. The van der Waals surface area contributed by atoms with Gasteiger partial charge >= 0.3 is 0 Å². The summed E-state index contributed by atoms with van der Waals surface area (Å²) in [7, 11) is 0. The number of nitrogens with one attached hydrogen (secondary N) is 1. The molecule has 0 radical (unpaired) electrons. The second-order valence-corrected chi connectivity index (χ2v) is 5.06. The van der Waals surface area contributed by atoms with Gasteiger partial charge in [-0.3, -0.25) is 4.79 Å². The number of likely N-dealkylation sites (tertiary alicyclic amines) is 1. The summed E-state index contributed by atoms with van der Waals surface area (Å²) in [6, 6.07) is 8.28. The van der Waals surface area contributed by atoms with Crippen LogP contribution in [0.4, 0.5) is 0 Å². The minimum atomic E-state index is 0.155. The molecule has 0 spiro atoms. The van der Waals surface area contributed by atoms with Crippen LogP contribution in [0, 0.1) is 6.92 Å². The van der Waals surface area contributed by atoms with Gasteiger partial charge in [-0.05, 0) is 38.4 Å². The number of hydrogen-bond donors (Lipinski definition) is 1. The van der Waals surface area contributed by atoms with Crippen molar-refractivity contribution in [2.45, 2.75) is 32.7 Å². The topological polar surface area (TPSA) is 32.3 Å². The molecule has 1 aliphatic heterocycles. The minimum absolute atomic E-state index is 0.155. The van der Waals surface area contributed by atoms with Crippen molar-refractivity contribution in [2.75, 3.05) is 19.6 Å². The minimum Gasteiger partial charge on any atom is -0.352 e. The van der Waals surface area contributed by atoms with Crippen molar-refractivity contribution in [3.05, 3.63) is 35.4 Å². The molecule has 1 amide bonds. The monoisotopic (exact) mass is 246 g/mol. The van der Waals surface area contributed by atoms with Crippen molar-refractivity contribution in [2.24, 2.45) is 0 Å². The van der Waals surface area contributed by atoms with E-state index in [-0.39, 0.29) is 5.91 Å². The first-order valence-corrected chi connectivity index (χ1v) is 6.78. The summed E-state index contributed by atoms with van der Waals surface area (Å²) in [5.74, 6) is 0.155. The molecule has 0 atom stereocenters. The van der Waals surface area contributed by atoms with E-state index in [9.17, 15) is 4.79 Å². The normalized spacial score (nSPS) is 15.8. The molecule has 0 aromatic heterocycles. The first-order valence-electron chi connectivity index (χ1n) is 6.78. The third-order valence-electron chi connectivity index (χ3n) is 3.46. The Hall–Kier alpha value is -1.35. The Morgan fingerprint density at radius 3 is 2.56 bits per heavy atom. The van der Waals surface area contributed by atoms with Gasteiger partial charge in [0.05, 0.1) is 0 Å². The van der Waals surface area contributed by atoms with E-state index in [1.807, 2.05) is 0 Å². The van der Waals surface area contributed by atoms with Gasteiger partial charge in [0.25, 0.3) is 0 Å². The Morgan fingerprint density at radius 1 is 1.22 bits per heavy atom. The molecule has 3 nitrogen and oxygen atoms in total. The highest BCUT2D eigenvalue weighted by Gasteiger charge is 2.12. The maximum atomic E-state index is 11.7. The Morgan fingerprint density at radius 2 is 1.89 bits per heavy atom. The van der Waals surface area contributed by atoms with E-state index in [1.165, 1.54) is 18.4 Å². The van der Waals surface area contributed by atoms with Gasteiger partial charge in [0.1, 0.15) is 0 Å². The number of hydrogen-bond acceptors (Lipinski definition) is 2. The van der Waals surface area contributed by atoms with E-state index >= 15 is 0 Å². The van der Waals surface area contributed by atoms with Crippen molar-refractivity contribution in [3.63, 3.8) is 0 Å². The predicted molar refractivity (Wildman–Crippen MR) is 73.3 cm³/mol. The molecule has 3 heteroatoms. The molecule has 0 bridgehead atoms. The Labute approximate surface area is 109 Å². The Balaban J connectivity index is 1.66. The highest BCUT2D eigenvalue weighted by Crippen LogP contribution is 2.07. The highest BCUT2D eigenvalue weighted by atomic mass is 16.1. The smallest absolute Gasteiger partial charge is 0.221 e. The molecule has 1 aromatic rings. The van der Waals surface area contributed by atoms with Gasteiger partial charge in [0.15, 0.2) is 0 Å². The van der Waals surface area contributed by atoms with Crippen molar-refractivity contribution in [3.8, 4) is 0 Å². The largest absolute Gasteiger partial charge is 0.352 e. The highest BCUT2D eigenvalue weighted by molar-refractivity contribution is 5.76. The van der Waals surface area contributed by atoms with Gasteiger partial charge < -0.3 is 10.2 Å². The van der Waals surface area contributed by atoms with Gasteiger partial charge in [-0.25, -0.2) is 0 Å². The Bertz CT molecular complexity index is 380. The van der Waals surface area contributed by atoms with Crippen LogP contribution in [0.3, 0.4) is 0 Å². The van der Waals surface area contributed by atoms with Gasteiger partial charge in [0, 0.05) is 19.5 Å². The lowest BCUT2D eigenvalue weighted by atomic mass is 10.1. The molecule has 1 heterocycles. The van der Waals surface area contributed by atoms with E-state index < -0.39 is 0 Å².